The van der Waals surface area contributed by atoms with E-state index in [0.29, 0.717) is 11.9 Å². The zero-order valence-electron chi connectivity index (χ0n) is 17.9. The first-order valence-corrected chi connectivity index (χ1v) is 10.8. The molecule has 2 aromatic carbocycles. The van der Waals surface area contributed by atoms with Crippen molar-refractivity contribution in [2.45, 2.75) is 31.5 Å². The fourth-order valence-electron chi connectivity index (χ4n) is 3.78. The lowest BCUT2D eigenvalue weighted by atomic mass is 9.98. The highest BCUT2D eigenvalue weighted by atomic mass is 35.5. The molecule has 4 rings (SSSR count). The number of alkyl halides is 2. The number of piperidine rings is 1. The van der Waals surface area contributed by atoms with Crippen LogP contribution in [0.2, 0.25) is 5.02 Å². The van der Waals surface area contributed by atoms with E-state index < -0.39 is 43.1 Å². The fraction of sp³-hybridized carbons (Fsp3) is 0.318. The van der Waals surface area contributed by atoms with Crippen LogP contribution in [-0.2, 0) is 4.79 Å². The molecule has 0 bridgehead atoms. The first kappa shape index (κ1) is 24.5. The van der Waals surface area contributed by atoms with Gasteiger partial charge in [-0.05, 0) is 37.1 Å². The van der Waals surface area contributed by atoms with Gasteiger partial charge in [0, 0.05) is 24.7 Å². The first-order chi connectivity index (χ1) is 16.7. The molecule has 0 saturated carbocycles. The summed E-state index contributed by atoms with van der Waals surface area (Å²) in [5.41, 5.74) is 0.535. The number of likely N-dealkylation sites (tertiary alicyclic amines) is 1. The van der Waals surface area contributed by atoms with Gasteiger partial charge >= 0.3 is 12.7 Å². The van der Waals surface area contributed by atoms with Crippen molar-refractivity contribution in [3.63, 3.8) is 0 Å². The van der Waals surface area contributed by atoms with E-state index in [-0.39, 0.29) is 41.0 Å². The molecule has 0 radical (unpaired) electrons. The van der Waals surface area contributed by atoms with Crippen molar-refractivity contribution >= 4 is 34.7 Å². The molecule has 1 saturated heterocycles. The number of carboxylic acid groups (broad SMARTS) is 1. The quantitative estimate of drug-likeness (QED) is 0.474. The van der Waals surface area contributed by atoms with Gasteiger partial charge in [0.05, 0.1) is 5.02 Å². The Kier molecular flexibility index (Phi) is 7.20. The molecule has 0 aliphatic carbocycles. The zero-order chi connectivity index (χ0) is 25.1. The minimum Gasteiger partial charge on any atom is -0.484 e. The maximum Gasteiger partial charge on any atom is 0.408 e. The molecule has 2 atom stereocenters. The number of nitrogens with zero attached hydrogens (tertiary/aromatic N) is 2. The summed E-state index contributed by atoms with van der Waals surface area (Å²) in [5, 5.41) is 12.3. The Hall–Kier alpha value is -3.67. The normalized spacial score (nSPS) is 18.0. The van der Waals surface area contributed by atoms with Crippen LogP contribution in [0.4, 0.5) is 18.0 Å². The number of aromatic nitrogens is 1. The van der Waals surface area contributed by atoms with Gasteiger partial charge in [0.25, 0.3) is 5.91 Å². The van der Waals surface area contributed by atoms with Crippen molar-refractivity contribution in [2.24, 2.45) is 0 Å². The SMILES string of the molecule is O=C(COc1ccc(Cl)c(F)c1)N[C@H]1CC[C@H](c2nc3ccc(OC(F)F)cc3o2)N(C(=O)O)C1. The van der Waals surface area contributed by atoms with Crippen molar-refractivity contribution in [2.75, 3.05) is 13.2 Å². The summed E-state index contributed by atoms with van der Waals surface area (Å²) in [4.78, 5) is 29.5. The summed E-state index contributed by atoms with van der Waals surface area (Å²) in [6.07, 6.45) is -0.548. The van der Waals surface area contributed by atoms with Gasteiger partial charge in [0.1, 0.15) is 28.9 Å². The average Bonchev–Trinajstić information content (AvgIpc) is 3.22. The van der Waals surface area contributed by atoms with Gasteiger partial charge in [0.2, 0.25) is 5.89 Å². The Balaban J connectivity index is 1.39. The van der Waals surface area contributed by atoms with E-state index in [0.717, 1.165) is 11.0 Å². The maximum absolute atomic E-state index is 13.5. The largest absolute Gasteiger partial charge is 0.484 e. The van der Waals surface area contributed by atoms with Crippen molar-refractivity contribution in [3.05, 3.63) is 53.1 Å². The zero-order valence-corrected chi connectivity index (χ0v) is 18.7. The fourth-order valence-corrected chi connectivity index (χ4v) is 3.90. The number of carbonyl (C=O) groups excluding carboxylic acids is 1. The third-order valence-electron chi connectivity index (χ3n) is 5.34. The van der Waals surface area contributed by atoms with Crippen LogP contribution in [0, 0.1) is 5.82 Å². The number of ether oxygens (including phenoxy) is 2. The van der Waals surface area contributed by atoms with Crippen LogP contribution < -0.4 is 14.8 Å². The van der Waals surface area contributed by atoms with E-state index in [1.807, 2.05) is 0 Å². The summed E-state index contributed by atoms with van der Waals surface area (Å²) in [6.45, 7) is -3.44. The third-order valence-corrected chi connectivity index (χ3v) is 5.65. The molecule has 1 aliphatic heterocycles. The number of amides is 2. The lowest BCUT2D eigenvalue weighted by Crippen LogP contribution is -2.51. The Morgan fingerprint density at radius 2 is 2.00 bits per heavy atom. The van der Waals surface area contributed by atoms with E-state index >= 15 is 0 Å². The first-order valence-electron chi connectivity index (χ1n) is 10.4. The Morgan fingerprint density at radius 1 is 1.23 bits per heavy atom. The number of carbonyl (C=O) groups is 2. The van der Waals surface area contributed by atoms with Gasteiger partial charge in [-0.1, -0.05) is 11.6 Å². The van der Waals surface area contributed by atoms with E-state index in [4.69, 9.17) is 20.8 Å². The number of hydrogen-bond donors (Lipinski definition) is 2. The molecule has 3 aromatic rings. The topological polar surface area (TPSA) is 114 Å². The lowest BCUT2D eigenvalue weighted by molar-refractivity contribution is -0.124. The standard InChI is InChI=1S/C22H19ClF3N3O6/c23-14-4-2-12(7-15(14)24)33-10-19(30)27-11-1-6-17(29(9-11)22(31)32)20-28-16-5-3-13(34-21(25)26)8-18(16)35-20/h2-5,7-8,11,17,21H,1,6,9-10H2,(H,27,30)(H,31,32)/t11-,17+/m0/s1. The highest BCUT2D eigenvalue weighted by Crippen LogP contribution is 2.33. The van der Waals surface area contributed by atoms with Crippen LogP contribution in [0.25, 0.3) is 11.1 Å². The molecule has 2 N–H and O–H groups in total. The third kappa shape index (κ3) is 5.88. The van der Waals surface area contributed by atoms with E-state index in [9.17, 15) is 27.9 Å². The number of nitrogens with one attached hydrogen (secondary N) is 1. The second-order valence-corrected chi connectivity index (χ2v) is 8.12. The molecule has 1 aromatic heterocycles. The van der Waals surface area contributed by atoms with Gasteiger partial charge in [-0.25, -0.2) is 14.2 Å². The number of rotatable bonds is 7. The van der Waals surface area contributed by atoms with Crippen LogP contribution in [0.5, 0.6) is 11.5 Å². The second kappa shape index (κ2) is 10.3. The Bertz CT molecular complexity index is 1240. The molecule has 1 fully saturated rings. The molecule has 1 aliphatic rings. The Morgan fingerprint density at radius 3 is 2.71 bits per heavy atom. The Labute approximate surface area is 201 Å². The summed E-state index contributed by atoms with van der Waals surface area (Å²) in [5.74, 6) is -1.08. The number of oxazole rings is 1. The minimum absolute atomic E-state index is 0.0419. The predicted molar refractivity (Wildman–Crippen MR) is 116 cm³/mol. The average molecular weight is 514 g/mol. The molecule has 35 heavy (non-hydrogen) atoms. The van der Waals surface area contributed by atoms with Crippen LogP contribution in [0.1, 0.15) is 24.8 Å². The van der Waals surface area contributed by atoms with E-state index in [1.165, 1.54) is 30.3 Å². The highest BCUT2D eigenvalue weighted by molar-refractivity contribution is 6.30. The van der Waals surface area contributed by atoms with Gasteiger partial charge in [-0.2, -0.15) is 8.78 Å². The van der Waals surface area contributed by atoms with E-state index in [2.05, 4.69) is 15.0 Å². The molecule has 0 spiro atoms. The molecular formula is C22H19ClF3N3O6. The van der Waals surface area contributed by atoms with Gasteiger partial charge in [-0.15, -0.1) is 0 Å². The van der Waals surface area contributed by atoms with Crippen LogP contribution in [0.15, 0.2) is 40.8 Å². The second-order valence-electron chi connectivity index (χ2n) is 7.72. The summed E-state index contributed by atoms with van der Waals surface area (Å²) in [7, 11) is 0. The van der Waals surface area contributed by atoms with Crippen molar-refractivity contribution in [1.82, 2.24) is 15.2 Å². The number of halogens is 4. The van der Waals surface area contributed by atoms with Crippen LogP contribution in [-0.4, -0.2) is 52.8 Å². The molecule has 13 heteroatoms. The van der Waals surface area contributed by atoms with Gasteiger partial charge < -0.3 is 24.3 Å². The monoisotopic (exact) mass is 513 g/mol. The smallest absolute Gasteiger partial charge is 0.408 e. The number of fused-ring (bicyclic) bond motifs is 1. The summed E-state index contributed by atoms with van der Waals surface area (Å²) in [6, 6.07) is 6.52. The van der Waals surface area contributed by atoms with Crippen molar-refractivity contribution in [1.29, 1.82) is 0 Å². The number of hydrogen-bond acceptors (Lipinski definition) is 6. The van der Waals surface area contributed by atoms with Crippen molar-refractivity contribution < 1.29 is 41.8 Å². The van der Waals surface area contributed by atoms with Gasteiger partial charge in [0.15, 0.2) is 12.2 Å². The maximum atomic E-state index is 13.5. The lowest BCUT2D eigenvalue weighted by Gasteiger charge is -2.36. The van der Waals surface area contributed by atoms with Crippen LogP contribution in [0.3, 0.4) is 0 Å². The predicted octanol–water partition coefficient (Wildman–Crippen LogP) is 4.60. The molecule has 0 unspecified atom stereocenters. The number of benzene rings is 2. The van der Waals surface area contributed by atoms with Crippen molar-refractivity contribution in [3.8, 4) is 11.5 Å². The molecule has 2 amide bonds. The molecule has 2 heterocycles. The molecule has 186 valence electrons. The minimum atomic E-state index is -3.00. The van der Waals surface area contributed by atoms with Gasteiger partial charge in [-0.3, -0.25) is 9.69 Å². The summed E-state index contributed by atoms with van der Waals surface area (Å²) < 4.78 is 53.6. The summed E-state index contributed by atoms with van der Waals surface area (Å²) >= 11 is 5.61. The van der Waals surface area contributed by atoms with E-state index in [1.54, 1.807) is 0 Å². The molecular weight excluding hydrogens is 495 g/mol. The van der Waals surface area contributed by atoms with Crippen LogP contribution >= 0.6 is 11.6 Å². The highest BCUT2D eigenvalue weighted by Gasteiger charge is 2.36. The molecule has 9 nitrogen and oxygen atoms in total.